The van der Waals surface area contributed by atoms with Crippen molar-refractivity contribution in [2.45, 2.75) is 31.7 Å². The van der Waals surface area contributed by atoms with Crippen LogP contribution in [-0.4, -0.2) is 84.5 Å². The van der Waals surface area contributed by atoms with Crippen molar-refractivity contribution >= 4 is 34.2 Å². The van der Waals surface area contributed by atoms with E-state index in [4.69, 9.17) is 4.74 Å². The number of hydrogen-bond donors (Lipinski definition) is 2. The summed E-state index contributed by atoms with van der Waals surface area (Å²) in [6.45, 7) is 4.99. The van der Waals surface area contributed by atoms with E-state index in [1.54, 1.807) is 22.4 Å². The zero-order chi connectivity index (χ0) is 23.8. The number of hydrogen-bond acceptors (Lipinski definition) is 7. The summed E-state index contributed by atoms with van der Waals surface area (Å²) in [6.07, 6.45) is 2.89. The molecule has 10 heteroatoms. The third-order valence-corrected chi connectivity index (χ3v) is 6.61. The molecule has 0 bridgehead atoms. The van der Waals surface area contributed by atoms with Gasteiger partial charge in [0.15, 0.2) is 5.13 Å². The molecule has 9 nitrogen and oxygen atoms in total. The molecule has 1 aliphatic heterocycles. The molecule has 182 valence electrons. The summed E-state index contributed by atoms with van der Waals surface area (Å²) in [5.41, 5.74) is 1.19. The fourth-order valence-corrected chi connectivity index (χ4v) is 4.57. The first kappa shape index (κ1) is 24.3. The molecule has 2 aromatic rings. The van der Waals surface area contributed by atoms with Gasteiger partial charge in [0, 0.05) is 36.6 Å². The third-order valence-electron chi connectivity index (χ3n) is 5.80. The van der Waals surface area contributed by atoms with E-state index in [1.165, 1.54) is 11.3 Å². The maximum atomic E-state index is 12.8. The number of carbonyl (C=O) groups is 3. The Hall–Kier alpha value is -2.82. The number of anilines is 1. The van der Waals surface area contributed by atoms with Crippen LogP contribution in [0.15, 0.2) is 35.7 Å². The molecule has 0 unspecified atom stereocenters. The number of thiazole rings is 1. The Labute approximate surface area is 203 Å². The van der Waals surface area contributed by atoms with Gasteiger partial charge in [0.25, 0.3) is 5.91 Å². The molecular weight excluding hydrogens is 454 g/mol. The summed E-state index contributed by atoms with van der Waals surface area (Å²) in [5, 5.41) is 7.91. The van der Waals surface area contributed by atoms with Gasteiger partial charge in [-0.25, -0.2) is 4.98 Å². The smallest absolute Gasteiger partial charge is 0.254 e. The van der Waals surface area contributed by atoms with Crippen LogP contribution in [-0.2, 0) is 20.7 Å². The molecule has 1 aromatic carbocycles. The fraction of sp³-hybridized carbons (Fsp3) is 0.500. The van der Waals surface area contributed by atoms with Crippen LogP contribution in [0.3, 0.4) is 0 Å². The van der Waals surface area contributed by atoms with Gasteiger partial charge in [-0.05, 0) is 37.9 Å². The van der Waals surface area contributed by atoms with E-state index in [-0.39, 0.29) is 36.7 Å². The third kappa shape index (κ3) is 7.34. The van der Waals surface area contributed by atoms with Crippen LogP contribution in [0.2, 0.25) is 0 Å². The number of nitrogens with zero attached hydrogens (tertiary/aromatic N) is 3. The fourth-order valence-electron chi connectivity index (χ4n) is 3.84. The minimum Gasteiger partial charge on any atom is -0.379 e. The molecule has 2 heterocycles. The lowest BCUT2D eigenvalue weighted by Gasteiger charge is -2.26. The Balaban J connectivity index is 1.19. The van der Waals surface area contributed by atoms with Gasteiger partial charge < -0.3 is 20.3 Å². The normalized spacial score (nSPS) is 16.1. The highest BCUT2D eigenvalue weighted by molar-refractivity contribution is 7.13. The predicted molar refractivity (Wildman–Crippen MR) is 130 cm³/mol. The number of carbonyl (C=O) groups excluding carboxylic acids is 3. The highest BCUT2D eigenvalue weighted by atomic mass is 32.1. The zero-order valence-corrected chi connectivity index (χ0v) is 20.0. The Morgan fingerprint density at radius 1 is 1.12 bits per heavy atom. The second-order valence-corrected chi connectivity index (χ2v) is 9.41. The van der Waals surface area contributed by atoms with Crippen LogP contribution >= 0.6 is 11.3 Å². The van der Waals surface area contributed by atoms with E-state index in [2.05, 4.69) is 20.5 Å². The average Bonchev–Trinajstić information content (AvgIpc) is 3.61. The highest BCUT2D eigenvalue weighted by Gasteiger charge is 2.34. The van der Waals surface area contributed by atoms with Gasteiger partial charge in [-0.2, -0.15) is 0 Å². The van der Waals surface area contributed by atoms with Crippen molar-refractivity contribution in [1.29, 1.82) is 0 Å². The van der Waals surface area contributed by atoms with Crippen LogP contribution < -0.4 is 10.6 Å². The molecule has 2 N–H and O–H groups in total. The Morgan fingerprint density at radius 2 is 1.88 bits per heavy atom. The summed E-state index contributed by atoms with van der Waals surface area (Å²) in [7, 11) is 0. The SMILES string of the molecule is O=C(Cc1csc(NC(=O)CN(C(=O)c2ccccc2)C2CC2)n1)NCCCN1CCOCC1. The Bertz CT molecular complexity index is 973. The lowest BCUT2D eigenvalue weighted by atomic mass is 10.2. The predicted octanol–water partition coefficient (Wildman–Crippen LogP) is 1.77. The van der Waals surface area contributed by atoms with Crippen LogP contribution in [0.25, 0.3) is 0 Å². The van der Waals surface area contributed by atoms with Gasteiger partial charge in [-0.3, -0.25) is 19.3 Å². The number of ether oxygens (including phenoxy) is 1. The van der Waals surface area contributed by atoms with Crippen molar-refractivity contribution in [2.24, 2.45) is 0 Å². The number of benzene rings is 1. The van der Waals surface area contributed by atoms with Crippen LogP contribution in [0.1, 0.15) is 35.3 Å². The van der Waals surface area contributed by atoms with E-state index in [0.717, 1.165) is 52.1 Å². The monoisotopic (exact) mass is 485 g/mol. The van der Waals surface area contributed by atoms with Crippen molar-refractivity contribution in [3.63, 3.8) is 0 Å². The molecule has 4 rings (SSSR count). The summed E-state index contributed by atoms with van der Waals surface area (Å²) in [6, 6.07) is 9.12. The van der Waals surface area contributed by atoms with E-state index >= 15 is 0 Å². The molecule has 1 saturated carbocycles. The van der Waals surface area contributed by atoms with Crippen LogP contribution in [0.5, 0.6) is 0 Å². The van der Waals surface area contributed by atoms with Crippen LogP contribution in [0, 0.1) is 0 Å². The molecule has 1 aromatic heterocycles. The van der Waals surface area contributed by atoms with Gasteiger partial charge in [0.1, 0.15) is 6.54 Å². The van der Waals surface area contributed by atoms with E-state index < -0.39 is 0 Å². The number of amides is 3. The molecule has 0 spiro atoms. The zero-order valence-electron chi connectivity index (χ0n) is 19.2. The van der Waals surface area contributed by atoms with Gasteiger partial charge in [-0.1, -0.05) is 18.2 Å². The van der Waals surface area contributed by atoms with Crippen molar-refractivity contribution in [3.8, 4) is 0 Å². The number of rotatable bonds is 11. The van der Waals surface area contributed by atoms with Crippen molar-refractivity contribution < 1.29 is 19.1 Å². The second kappa shape index (κ2) is 12.0. The summed E-state index contributed by atoms with van der Waals surface area (Å²) >= 11 is 1.28. The van der Waals surface area contributed by atoms with Gasteiger partial charge >= 0.3 is 0 Å². The molecule has 0 atom stereocenters. The molecule has 0 radical (unpaired) electrons. The van der Waals surface area contributed by atoms with Gasteiger partial charge in [0.2, 0.25) is 11.8 Å². The largest absolute Gasteiger partial charge is 0.379 e. The summed E-state index contributed by atoms with van der Waals surface area (Å²) in [4.78, 5) is 46.0. The standard InChI is InChI=1S/C24H31N5O4S/c30-21(25-9-4-10-28-11-13-33-14-12-28)15-19-17-34-24(26-19)27-22(31)16-29(20-7-8-20)23(32)18-5-2-1-3-6-18/h1-3,5-6,17,20H,4,7-16H2,(H,25,30)(H,26,27,31). The molecular formula is C24H31N5O4S. The average molecular weight is 486 g/mol. The maximum Gasteiger partial charge on any atom is 0.254 e. The number of nitrogens with one attached hydrogen (secondary N) is 2. The number of morpholine rings is 1. The van der Waals surface area contributed by atoms with Crippen LogP contribution in [0.4, 0.5) is 5.13 Å². The maximum absolute atomic E-state index is 12.8. The lowest BCUT2D eigenvalue weighted by molar-refractivity contribution is -0.120. The number of aromatic nitrogens is 1. The first-order valence-corrected chi connectivity index (χ1v) is 12.6. The minimum atomic E-state index is -0.287. The molecule has 34 heavy (non-hydrogen) atoms. The molecule has 2 aliphatic rings. The van der Waals surface area contributed by atoms with E-state index in [1.807, 2.05) is 18.2 Å². The molecule has 1 saturated heterocycles. The lowest BCUT2D eigenvalue weighted by Crippen LogP contribution is -2.39. The molecule has 1 aliphatic carbocycles. The minimum absolute atomic E-state index is 0.0169. The summed E-state index contributed by atoms with van der Waals surface area (Å²) in [5.74, 6) is -0.508. The van der Waals surface area contributed by atoms with E-state index in [9.17, 15) is 14.4 Å². The van der Waals surface area contributed by atoms with Gasteiger partial charge in [0.05, 0.1) is 25.3 Å². The van der Waals surface area contributed by atoms with E-state index in [0.29, 0.717) is 22.9 Å². The quantitative estimate of drug-likeness (QED) is 0.470. The molecule has 3 amide bonds. The van der Waals surface area contributed by atoms with Crippen molar-refractivity contribution in [1.82, 2.24) is 20.1 Å². The topological polar surface area (TPSA) is 104 Å². The summed E-state index contributed by atoms with van der Waals surface area (Å²) < 4.78 is 5.34. The first-order chi connectivity index (χ1) is 16.6. The second-order valence-electron chi connectivity index (χ2n) is 8.56. The first-order valence-electron chi connectivity index (χ1n) is 11.8. The Morgan fingerprint density at radius 3 is 2.62 bits per heavy atom. The van der Waals surface area contributed by atoms with Crippen molar-refractivity contribution in [2.75, 3.05) is 51.3 Å². The highest BCUT2D eigenvalue weighted by Crippen LogP contribution is 2.28. The van der Waals surface area contributed by atoms with Crippen molar-refractivity contribution in [3.05, 3.63) is 47.0 Å². The van der Waals surface area contributed by atoms with Gasteiger partial charge in [-0.15, -0.1) is 11.3 Å². The Kier molecular flexibility index (Phi) is 8.62. The molecule has 2 fully saturated rings.